The molecule has 1 unspecified atom stereocenters. The number of carbonyl (C=O) groups is 3. The highest BCUT2D eigenvalue weighted by atomic mass is 35.5. The number of rotatable bonds is 7. The van der Waals surface area contributed by atoms with Crippen molar-refractivity contribution in [3.63, 3.8) is 0 Å². The molecule has 3 aromatic carbocycles. The molecule has 0 spiro atoms. The number of hydrogen-bond acceptors (Lipinski definition) is 4. The molecule has 0 saturated carbocycles. The average Bonchev–Trinajstić information content (AvgIpc) is 3.16. The number of carboxylic acids is 1. The van der Waals surface area contributed by atoms with E-state index in [1.54, 1.807) is 0 Å². The van der Waals surface area contributed by atoms with Crippen molar-refractivity contribution in [1.82, 2.24) is 5.32 Å². The fourth-order valence-corrected chi connectivity index (χ4v) is 4.58. The van der Waals surface area contributed by atoms with Gasteiger partial charge in [0.25, 0.3) is 5.91 Å². The van der Waals surface area contributed by atoms with E-state index in [-0.39, 0.29) is 40.4 Å². The van der Waals surface area contributed by atoms with E-state index in [4.69, 9.17) is 33.0 Å². The van der Waals surface area contributed by atoms with Crippen molar-refractivity contribution < 1.29 is 24.2 Å². The minimum absolute atomic E-state index is 0.0439. The molecule has 0 saturated heterocycles. The van der Waals surface area contributed by atoms with E-state index in [1.807, 2.05) is 48.5 Å². The quantitative estimate of drug-likeness (QED) is 0.370. The summed E-state index contributed by atoms with van der Waals surface area (Å²) in [5.74, 6) is -2.41. The summed E-state index contributed by atoms with van der Waals surface area (Å²) < 4.78 is 5.52. The fourth-order valence-electron chi connectivity index (χ4n) is 4.00. The largest absolute Gasteiger partial charge is 0.481 e. The van der Waals surface area contributed by atoms with Crippen LogP contribution in [0.1, 0.15) is 34.3 Å². The molecule has 1 aliphatic rings. The minimum atomic E-state index is -1.02. The Hall–Kier alpha value is -3.55. The van der Waals surface area contributed by atoms with Crippen molar-refractivity contribution in [1.29, 1.82) is 0 Å². The van der Waals surface area contributed by atoms with Gasteiger partial charge in [-0.3, -0.25) is 14.9 Å². The zero-order chi connectivity index (χ0) is 25.1. The molecule has 180 valence electrons. The second-order valence-corrected chi connectivity index (χ2v) is 9.03. The third-order valence-corrected chi connectivity index (χ3v) is 6.46. The summed E-state index contributed by atoms with van der Waals surface area (Å²) in [4.78, 5) is 35.8. The Bertz CT molecular complexity index is 1240. The van der Waals surface area contributed by atoms with E-state index in [2.05, 4.69) is 10.6 Å². The summed E-state index contributed by atoms with van der Waals surface area (Å²) in [7, 11) is 0. The topological polar surface area (TPSA) is 105 Å². The molecule has 4 rings (SSSR count). The van der Waals surface area contributed by atoms with Crippen LogP contribution in [0.5, 0.6) is 0 Å². The van der Waals surface area contributed by atoms with E-state index in [0.717, 1.165) is 22.3 Å². The Morgan fingerprint density at radius 3 is 2.06 bits per heavy atom. The second-order valence-electron chi connectivity index (χ2n) is 8.21. The lowest BCUT2D eigenvalue weighted by Crippen LogP contribution is -2.31. The predicted octanol–water partition coefficient (Wildman–Crippen LogP) is 5.80. The molecule has 0 heterocycles. The molecule has 0 bridgehead atoms. The third kappa shape index (κ3) is 5.26. The Morgan fingerprint density at radius 2 is 1.51 bits per heavy atom. The van der Waals surface area contributed by atoms with Crippen molar-refractivity contribution in [3.05, 3.63) is 87.4 Å². The summed E-state index contributed by atoms with van der Waals surface area (Å²) in [6, 6.07) is 18.7. The molecule has 35 heavy (non-hydrogen) atoms. The summed E-state index contributed by atoms with van der Waals surface area (Å²) in [6.07, 6.45) is -0.733. The maximum atomic E-state index is 12.6. The minimum Gasteiger partial charge on any atom is -0.481 e. The SMILES string of the molecule is CC(CNC(=O)c1cc(Cl)c(NC(=O)OCC2c3ccccc3-c3ccccc32)c(Cl)c1)C(=O)O. The lowest BCUT2D eigenvalue weighted by Gasteiger charge is -2.16. The molecule has 7 nitrogen and oxygen atoms in total. The van der Waals surface area contributed by atoms with Crippen LogP contribution in [0.3, 0.4) is 0 Å². The van der Waals surface area contributed by atoms with E-state index in [9.17, 15) is 14.4 Å². The maximum absolute atomic E-state index is 12.6. The third-order valence-electron chi connectivity index (χ3n) is 5.87. The van der Waals surface area contributed by atoms with Gasteiger partial charge in [-0.25, -0.2) is 4.79 Å². The highest BCUT2D eigenvalue weighted by Gasteiger charge is 2.29. The van der Waals surface area contributed by atoms with Crippen LogP contribution in [0, 0.1) is 5.92 Å². The maximum Gasteiger partial charge on any atom is 0.411 e. The van der Waals surface area contributed by atoms with Crippen LogP contribution in [0.2, 0.25) is 10.0 Å². The first-order valence-electron chi connectivity index (χ1n) is 10.9. The molecular weight excluding hydrogens is 491 g/mol. The van der Waals surface area contributed by atoms with Crippen LogP contribution in [0.4, 0.5) is 10.5 Å². The number of benzene rings is 3. The number of fused-ring (bicyclic) bond motifs is 3. The van der Waals surface area contributed by atoms with Gasteiger partial charge in [0.05, 0.1) is 21.7 Å². The Labute approximate surface area is 212 Å². The van der Waals surface area contributed by atoms with E-state index < -0.39 is 23.9 Å². The lowest BCUT2D eigenvalue weighted by atomic mass is 9.98. The molecule has 3 N–H and O–H groups in total. The number of anilines is 1. The molecule has 9 heteroatoms. The van der Waals surface area contributed by atoms with Crippen LogP contribution in [0.15, 0.2) is 60.7 Å². The highest BCUT2D eigenvalue weighted by Crippen LogP contribution is 2.44. The first-order valence-corrected chi connectivity index (χ1v) is 11.6. The van der Waals surface area contributed by atoms with Gasteiger partial charge in [0.2, 0.25) is 0 Å². The molecule has 3 aromatic rings. The van der Waals surface area contributed by atoms with Crippen molar-refractivity contribution in [2.45, 2.75) is 12.8 Å². The normalized spacial score (nSPS) is 12.9. The Balaban J connectivity index is 1.42. The number of nitrogens with one attached hydrogen (secondary N) is 2. The number of halogens is 2. The van der Waals surface area contributed by atoms with E-state index >= 15 is 0 Å². The molecule has 1 aliphatic carbocycles. The zero-order valence-electron chi connectivity index (χ0n) is 18.7. The van der Waals surface area contributed by atoms with Gasteiger partial charge in [-0.1, -0.05) is 78.7 Å². The summed E-state index contributed by atoms with van der Waals surface area (Å²) >= 11 is 12.5. The molecule has 2 amide bonds. The molecule has 0 radical (unpaired) electrons. The zero-order valence-corrected chi connectivity index (χ0v) is 20.2. The van der Waals surface area contributed by atoms with Gasteiger partial charge < -0.3 is 15.2 Å². The molecule has 0 aromatic heterocycles. The van der Waals surface area contributed by atoms with Gasteiger partial charge in [-0.05, 0) is 34.4 Å². The summed E-state index contributed by atoms with van der Waals surface area (Å²) in [5, 5.41) is 14.1. The van der Waals surface area contributed by atoms with Crippen molar-refractivity contribution in [2.24, 2.45) is 5.92 Å². The monoisotopic (exact) mass is 512 g/mol. The molecule has 0 aliphatic heterocycles. The van der Waals surface area contributed by atoms with Crippen molar-refractivity contribution in [2.75, 3.05) is 18.5 Å². The van der Waals surface area contributed by atoms with E-state index in [0.29, 0.717) is 0 Å². The van der Waals surface area contributed by atoms with Gasteiger partial charge in [-0.2, -0.15) is 0 Å². The van der Waals surface area contributed by atoms with Gasteiger partial charge in [-0.15, -0.1) is 0 Å². The molecular formula is C26H22Cl2N2O5. The standard InChI is InChI=1S/C26H22Cl2N2O5/c1-14(25(32)33)12-29-24(31)15-10-21(27)23(22(28)11-15)30-26(34)35-13-20-18-8-4-2-6-16(18)17-7-3-5-9-19(17)20/h2-11,14,20H,12-13H2,1H3,(H,29,31)(H,30,34)(H,32,33). The number of carbonyl (C=O) groups excluding carboxylic acids is 2. The van der Waals surface area contributed by atoms with Crippen LogP contribution in [0.25, 0.3) is 11.1 Å². The van der Waals surface area contributed by atoms with Crippen molar-refractivity contribution in [3.8, 4) is 11.1 Å². The lowest BCUT2D eigenvalue weighted by molar-refractivity contribution is -0.140. The number of amides is 2. The molecule has 1 atom stereocenters. The number of aliphatic carboxylic acids is 1. The van der Waals surface area contributed by atoms with Gasteiger partial charge in [0.1, 0.15) is 6.61 Å². The smallest absolute Gasteiger partial charge is 0.411 e. The number of ether oxygens (including phenoxy) is 1. The summed E-state index contributed by atoms with van der Waals surface area (Å²) in [6.45, 7) is 1.55. The fraction of sp³-hybridized carbons (Fsp3) is 0.192. The van der Waals surface area contributed by atoms with Gasteiger partial charge in [0, 0.05) is 18.0 Å². The predicted molar refractivity (Wildman–Crippen MR) is 134 cm³/mol. The highest BCUT2D eigenvalue weighted by molar-refractivity contribution is 6.40. The number of hydrogen-bond donors (Lipinski definition) is 3. The van der Waals surface area contributed by atoms with E-state index in [1.165, 1.54) is 19.1 Å². The Morgan fingerprint density at radius 1 is 0.971 bits per heavy atom. The number of carboxylic acid groups (broad SMARTS) is 1. The Kier molecular flexibility index (Phi) is 7.28. The average molecular weight is 513 g/mol. The van der Waals surface area contributed by atoms with Crippen LogP contribution in [-0.4, -0.2) is 36.2 Å². The summed E-state index contributed by atoms with van der Waals surface area (Å²) in [5.41, 5.74) is 4.66. The first kappa shape index (κ1) is 24.6. The second kappa shape index (κ2) is 10.4. The first-order chi connectivity index (χ1) is 16.8. The van der Waals surface area contributed by atoms with Gasteiger partial charge >= 0.3 is 12.1 Å². The van der Waals surface area contributed by atoms with Crippen LogP contribution >= 0.6 is 23.2 Å². The van der Waals surface area contributed by atoms with Gasteiger partial charge in [0.15, 0.2) is 0 Å². The van der Waals surface area contributed by atoms with Crippen molar-refractivity contribution >= 4 is 46.9 Å². The van der Waals surface area contributed by atoms with Crippen LogP contribution < -0.4 is 10.6 Å². The van der Waals surface area contributed by atoms with Crippen LogP contribution in [-0.2, 0) is 9.53 Å². The molecule has 0 fully saturated rings.